The minimum Gasteiger partial charge on any atom is -0.465 e. The second-order valence-corrected chi connectivity index (χ2v) is 8.95. The van der Waals surface area contributed by atoms with Crippen LogP contribution in [0.4, 0.5) is 5.00 Å². The number of amides is 1. The number of ether oxygens (including phenoxy) is 2. The van der Waals surface area contributed by atoms with Crippen LogP contribution in [-0.4, -0.2) is 36.0 Å². The number of benzene rings is 1. The van der Waals surface area contributed by atoms with Crippen molar-refractivity contribution in [2.45, 2.75) is 45.6 Å². The van der Waals surface area contributed by atoms with Crippen molar-refractivity contribution in [2.24, 2.45) is 5.92 Å². The zero-order valence-electron chi connectivity index (χ0n) is 18.1. The zero-order chi connectivity index (χ0) is 22.8. The number of anilines is 1. The number of carbonyl (C=O) groups excluding carboxylic acids is 3. The van der Waals surface area contributed by atoms with E-state index in [1.807, 2.05) is 0 Å². The van der Waals surface area contributed by atoms with Crippen molar-refractivity contribution in [3.63, 3.8) is 0 Å². The predicted octanol–water partition coefficient (Wildman–Crippen LogP) is 4.37. The average molecular weight is 457 g/mol. The minimum absolute atomic E-state index is 0.221. The Balaban J connectivity index is 1.55. The van der Waals surface area contributed by atoms with Gasteiger partial charge in [-0.25, -0.2) is 14.6 Å². The van der Waals surface area contributed by atoms with Gasteiger partial charge in [0.2, 0.25) is 0 Å². The maximum atomic E-state index is 13.0. The molecule has 0 fully saturated rings. The average Bonchev–Trinajstić information content (AvgIpc) is 3.40. The van der Waals surface area contributed by atoms with Crippen LogP contribution in [0.25, 0.3) is 11.1 Å². The maximum absolute atomic E-state index is 13.0. The first-order valence-corrected chi connectivity index (χ1v) is 11.3. The van der Waals surface area contributed by atoms with Gasteiger partial charge in [0.15, 0.2) is 18.1 Å². The summed E-state index contributed by atoms with van der Waals surface area (Å²) in [6.07, 6.45) is 3.08. The number of hydrogen-bond acceptors (Lipinski definition) is 8. The van der Waals surface area contributed by atoms with Crippen molar-refractivity contribution < 1.29 is 28.3 Å². The summed E-state index contributed by atoms with van der Waals surface area (Å²) in [6.45, 7) is 3.91. The molecule has 2 atom stereocenters. The number of fused-ring (bicyclic) bond motifs is 2. The molecule has 168 valence electrons. The Kier molecular flexibility index (Phi) is 6.27. The molecule has 0 saturated carbocycles. The van der Waals surface area contributed by atoms with Gasteiger partial charge in [-0.05, 0) is 49.3 Å². The Morgan fingerprint density at radius 3 is 2.88 bits per heavy atom. The highest BCUT2D eigenvalue weighted by Crippen LogP contribution is 2.40. The first kappa shape index (κ1) is 22.0. The lowest BCUT2D eigenvalue weighted by Gasteiger charge is -2.18. The highest BCUT2D eigenvalue weighted by Gasteiger charge is 2.31. The number of methoxy groups -OCH3 is 1. The number of rotatable bonds is 6. The first-order chi connectivity index (χ1) is 15.4. The zero-order valence-corrected chi connectivity index (χ0v) is 18.9. The second-order valence-electron chi connectivity index (χ2n) is 7.84. The van der Waals surface area contributed by atoms with Crippen molar-refractivity contribution in [2.75, 3.05) is 12.4 Å². The van der Waals surface area contributed by atoms with E-state index in [1.54, 1.807) is 25.1 Å². The topological polar surface area (TPSA) is 108 Å². The molecule has 0 bridgehead atoms. The van der Waals surface area contributed by atoms with Crippen LogP contribution in [0.2, 0.25) is 0 Å². The van der Waals surface area contributed by atoms with Gasteiger partial charge >= 0.3 is 11.9 Å². The van der Waals surface area contributed by atoms with Crippen LogP contribution in [0.1, 0.15) is 57.8 Å². The van der Waals surface area contributed by atoms with E-state index in [-0.39, 0.29) is 12.0 Å². The van der Waals surface area contributed by atoms with Gasteiger partial charge in [0, 0.05) is 4.88 Å². The fourth-order valence-corrected chi connectivity index (χ4v) is 5.32. The van der Waals surface area contributed by atoms with E-state index in [0.29, 0.717) is 27.6 Å². The molecule has 0 radical (unpaired) electrons. The van der Waals surface area contributed by atoms with Gasteiger partial charge in [-0.15, -0.1) is 11.3 Å². The molecule has 0 saturated heterocycles. The van der Waals surface area contributed by atoms with Gasteiger partial charge in [0.25, 0.3) is 5.91 Å². The highest BCUT2D eigenvalue weighted by atomic mass is 32.1. The summed E-state index contributed by atoms with van der Waals surface area (Å²) in [5.41, 5.74) is 2.40. The smallest absolute Gasteiger partial charge is 0.341 e. The van der Waals surface area contributed by atoms with E-state index in [1.165, 1.54) is 24.8 Å². The van der Waals surface area contributed by atoms with Crippen molar-refractivity contribution >= 4 is 45.3 Å². The quantitative estimate of drug-likeness (QED) is 0.549. The molecular formula is C23H24N2O6S. The molecule has 4 rings (SSSR count). The van der Waals surface area contributed by atoms with Gasteiger partial charge in [0.05, 0.1) is 18.2 Å². The third-order valence-electron chi connectivity index (χ3n) is 5.63. The summed E-state index contributed by atoms with van der Waals surface area (Å²) in [7, 11) is 1.32. The lowest BCUT2D eigenvalue weighted by atomic mass is 9.88. The minimum atomic E-state index is -1.03. The first-order valence-electron chi connectivity index (χ1n) is 10.5. The molecule has 1 aliphatic carbocycles. The number of aromatic nitrogens is 1. The van der Waals surface area contributed by atoms with Crippen LogP contribution in [0.3, 0.4) is 0 Å². The highest BCUT2D eigenvalue weighted by molar-refractivity contribution is 7.17. The van der Waals surface area contributed by atoms with Gasteiger partial charge in [-0.3, -0.25) is 4.79 Å². The predicted molar refractivity (Wildman–Crippen MR) is 119 cm³/mol. The summed E-state index contributed by atoms with van der Waals surface area (Å²) in [4.78, 5) is 43.3. The number of oxazole rings is 1. The summed E-state index contributed by atoms with van der Waals surface area (Å²) in [6, 6.07) is 4.92. The molecule has 2 unspecified atom stereocenters. The second kappa shape index (κ2) is 9.12. The molecule has 2 aromatic heterocycles. The molecule has 2 heterocycles. The molecule has 3 aromatic rings. The Labute approximate surface area is 188 Å². The van der Waals surface area contributed by atoms with Gasteiger partial charge < -0.3 is 19.2 Å². The van der Waals surface area contributed by atoms with E-state index in [4.69, 9.17) is 13.9 Å². The lowest BCUT2D eigenvalue weighted by Crippen LogP contribution is -2.32. The van der Waals surface area contributed by atoms with Crippen LogP contribution in [0.15, 0.2) is 29.0 Å². The van der Waals surface area contributed by atoms with E-state index in [9.17, 15) is 14.4 Å². The molecule has 8 nitrogen and oxygen atoms in total. The maximum Gasteiger partial charge on any atom is 0.341 e. The standard InChI is InChI=1S/C23H24N2O6S/c1-4-15(31-22(27)14-6-5-7-16-19(14)24-11-30-16)20(26)25-21-18(23(28)29-3)13-9-8-12(2)10-17(13)32-21/h5-7,11-12,15H,4,8-10H2,1-3H3,(H,25,26). The third-order valence-corrected chi connectivity index (χ3v) is 6.80. The van der Waals surface area contributed by atoms with Gasteiger partial charge in [-0.2, -0.15) is 0 Å². The Bertz CT molecular complexity index is 1180. The normalized spacial score (nSPS) is 16.3. The van der Waals surface area contributed by atoms with Crippen LogP contribution < -0.4 is 5.32 Å². The molecule has 0 aliphatic heterocycles. The molecule has 1 aromatic carbocycles. The third kappa shape index (κ3) is 4.12. The molecule has 9 heteroatoms. The van der Waals surface area contributed by atoms with E-state index in [0.717, 1.165) is 29.7 Å². The molecule has 1 aliphatic rings. The molecular weight excluding hydrogens is 432 g/mol. The van der Waals surface area contributed by atoms with E-state index < -0.39 is 23.9 Å². The van der Waals surface area contributed by atoms with Crippen molar-refractivity contribution in [3.8, 4) is 0 Å². The molecule has 1 N–H and O–H groups in total. The van der Waals surface area contributed by atoms with E-state index >= 15 is 0 Å². The summed E-state index contributed by atoms with van der Waals surface area (Å²) < 4.78 is 15.7. The molecule has 0 spiro atoms. The summed E-state index contributed by atoms with van der Waals surface area (Å²) >= 11 is 1.39. The summed E-state index contributed by atoms with van der Waals surface area (Å²) in [5.74, 6) is -1.13. The van der Waals surface area contributed by atoms with Gasteiger partial charge in [-0.1, -0.05) is 19.9 Å². The van der Waals surface area contributed by atoms with Gasteiger partial charge in [0.1, 0.15) is 10.5 Å². The van der Waals surface area contributed by atoms with Crippen LogP contribution in [0, 0.1) is 5.92 Å². The fraction of sp³-hybridized carbons (Fsp3) is 0.391. The van der Waals surface area contributed by atoms with Crippen molar-refractivity contribution in [1.82, 2.24) is 4.98 Å². The number of nitrogens with zero attached hydrogens (tertiary/aromatic N) is 1. The Morgan fingerprint density at radius 1 is 1.31 bits per heavy atom. The largest absolute Gasteiger partial charge is 0.465 e. The monoisotopic (exact) mass is 456 g/mol. The number of thiophene rings is 1. The lowest BCUT2D eigenvalue weighted by molar-refractivity contribution is -0.124. The van der Waals surface area contributed by atoms with Crippen LogP contribution in [-0.2, 0) is 27.1 Å². The molecule has 32 heavy (non-hydrogen) atoms. The number of carbonyl (C=O) groups is 3. The van der Waals surface area contributed by atoms with Crippen molar-refractivity contribution in [1.29, 1.82) is 0 Å². The Hall–Kier alpha value is -3.20. The SMILES string of the molecule is CCC(OC(=O)c1cccc2ocnc12)C(=O)Nc1sc2c(c1C(=O)OC)CCC(C)C2. The van der Waals surface area contributed by atoms with Crippen molar-refractivity contribution in [3.05, 3.63) is 46.2 Å². The molecule has 1 amide bonds. The Morgan fingerprint density at radius 2 is 2.12 bits per heavy atom. The number of esters is 2. The number of para-hydroxylation sites is 1. The van der Waals surface area contributed by atoms with E-state index in [2.05, 4.69) is 17.2 Å². The fourth-order valence-electron chi connectivity index (χ4n) is 3.92. The number of hydrogen-bond donors (Lipinski definition) is 1. The number of nitrogens with one attached hydrogen (secondary N) is 1. The van der Waals surface area contributed by atoms with Crippen LogP contribution in [0.5, 0.6) is 0 Å². The summed E-state index contributed by atoms with van der Waals surface area (Å²) in [5, 5.41) is 3.24. The van der Waals surface area contributed by atoms with Crippen LogP contribution >= 0.6 is 11.3 Å².